The fraction of sp³-hybridized carbons (Fsp3) is 0.200. The molecule has 0 atom stereocenters. The van der Waals surface area contributed by atoms with Gasteiger partial charge in [-0.05, 0) is 31.2 Å². The van der Waals surface area contributed by atoms with E-state index in [0.29, 0.717) is 11.4 Å². The summed E-state index contributed by atoms with van der Waals surface area (Å²) < 4.78 is 0. The van der Waals surface area contributed by atoms with Crippen LogP contribution in [0.25, 0.3) is 0 Å². The highest BCUT2D eigenvalue weighted by molar-refractivity contribution is 7.99. The number of nitrogens with zero attached hydrogens (tertiary/aromatic N) is 1. The number of para-hydroxylation sites is 3. The van der Waals surface area contributed by atoms with E-state index in [-0.39, 0.29) is 0 Å². The Balaban J connectivity index is 0.000000148. The van der Waals surface area contributed by atoms with E-state index < -0.39 is 0 Å². The van der Waals surface area contributed by atoms with E-state index in [2.05, 4.69) is 36.1 Å². The molecule has 0 aromatic heterocycles. The van der Waals surface area contributed by atoms with Gasteiger partial charge in [0.2, 0.25) is 0 Å². The molecule has 1 aliphatic heterocycles. The van der Waals surface area contributed by atoms with E-state index in [4.69, 9.17) is 11.5 Å². The number of nitrogen functional groups attached to an aromatic ring is 2. The first-order chi connectivity index (χ1) is 9.22. The molecule has 0 radical (unpaired) electrons. The Bertz CT molecular complexity index is 521. The second kappa shape index (κ2) is 6.38. The Morgan fingerprint density at radius 1 is 1.00 bits per heavy atom. The van der Waals surface area contributed by atoms with Crippen molar-refractivity contribution in [3.63, 3.8) is 0 Å². The molecule has 1 heterocycles. The fourth-order valence-electron chi connectivity index (χ4n) is 1.83. The Hall–Kier alpha value is -1.81. The lowest BCUT2D eigenvalue weighted by Crippen LogP contribution is -2.17. The summed E-state index contributed by atoms with van der Waals surface area (Å²) in [5, 5.41) is 0. The summed E-state index contributed by atoms with van der Waals surface area (Å²) >= 11 is 1.93. The van der Waals surface area contributed by atoms with Gasteiger partial charge in [0.1, 0.15) is 0 Å². The van der Waals surface area contributed by atoms with Crippen LogP contribution in [0.5, 0.6) is 0 Å². The first kappa shape index (κ1) is 13.6. The standard InChI is InChI=1S/C9H11NS.C6H8N2/c1-2-10-7-11-9-6-4-3-5-8(9)10;7-5-3-1-2-4-6(5)8/h3-6H,2,7H2,1H3;1-4H,7-8H2. The number of thioether (sulfide) groups is 1. The van der Waals surface area contributed by atoms with Gasteiger partial charge in [0, 0.05) is 11.4 Å². The van der Waals surface area contributed by atoms with Crippen LogP contribution in [0.3, 0.4) is 0 Å². The van der Waals surface area contributed by atoms with Gasteiger partial charge in [0.05, 0.1) is 22.9 Å². The Kier molecular flexibility index (Phi) is 4.58. The van der Waals surface area contributed by atoms with Crippen LogP contribution in [0.15, 0.2) is 53.4 Å². The lowest BCUT2D eigenvalue weighted by atomic mass is 10.3. The third kappa shape index (κ3) is 3.35. The molecular formula is C15H19N3S. The van der Waals surface area contributed by atoms with Gasteiger partial charge in [-0.3, -0.25) is 0 Å². The zero-order valence-corrected chi connectivity index (χ0v) is 11.9. The maximum atomic E-state index is 5.39. The minimum atomic E-state index is 0.646. The van der Waals surface area contributed by atoms with Crippen LogP contribution in [0.1, 0.15) is 6.92 Å². The van der Waals surface area contributed by atoms with Crippen LogP contribution in [0, 0.1) is 0 Å². The topological polar surface area (TPSA) is 55.3 Å². The maximum absolute atomic E-state index is 5.39. The van der Waals surface area contributed by atoms with E-state index in [1.807, 2.05) is 23.9 Å². The molecule has 2 aromatic rings. The molecule has 4 N–H and O–H groups in total. The molecule has 4 heteroatoms. The van der Waals surface area contributed by atoms with Crippen molar-refractivity contribution >= 4 is 28.8 Å². The van der Waals surface area contributed by atoms with Crippen LogP contribution >= 0.6 is 11.8 Å². The van der Waals surface area contributed by atoms with Crippen molar-refractivity contribution in [3.05, 3.63) is 48.5 Å². The van der Waals surface area contributed by atoms with Gasteiger partial charge in [-0.1, -0.05) is 24.3 Å². The molecule has 0 aliphatic carbocycles. The number of anilines is 3. The number of benzene rings is 2. The monoisotopic (exact) mass is 273 g/mol. The largest absolute Gasteiger partial charge is 0.397 e. The highest BCUT2D eigenvalue weighted by Gasteiger charge is 2.16. The smallest absolute Gasteiger partial charge is 0.0686 e. The van der Waals surface area contributed by atoms with Gasteiger partial charge in [0.25, 0.3) is 0 Å². The zero-order valence-electron chi connectivity index (χ0n) is 11.0. The van der Waals surface area contributed by atoms with E-state index >= 15 is 0 Å². The SMILES string of the molecule is CCN1CSc2ccccc21.Nc1ccccc1N. The van der Waals surface area contributed by atoms with Crippen molar-refractivity contribution in [3.8, 4) is 0 Å². The van der Waals surface area contributed by atoms with Crippen LogP contribution in [-0.2, 0) is 0 Å². The predicted molar refractivity (Wildman–Crippen MR) is 85.5 cm³/mol. The number of hydrogen-bond acceptors (Lipinski definition) is 4. The van der Waals surface area contributed by atoms with Crippen LogP contribution in [0.4, 0.5) is 17.1 Å². The minimum Gasteiger partial charge on any atom is -0.397 e. The molecule has 0 amide bonds. The molecular weight excluding hydrogens is 254 g/mol. The zero-order chi connectivity index (χ0) is 13.7. The van der Waals surface area contributed by atoms with E-state index in [9.17, 15) is 0 Å². The second-order valence-electron chi connectivity index (χ2n) is 4.23. The highest BCUT2D eigenvalue weighted by Crippen LogP contribution is 2.37. The molecule has 0 fully saturated rings. The average molecular weight is 273 g/mol. The molecule has 19 heavy (non-hydrogen) atoms. The van der Waals surface area contributed by atoms with Gasteiger partial charge >= 0.3 is 0 Å². The fourth-order valence-corrected chi connectivity index (χ4v) is 2.97. The molecule has 0 unspecified atom stereocenters. The summed E-state index contributed by atoms with van der Waals surface area (Å²) in [6.45, 7) is 3.31. The van der Waals surface area contributed by atoms with Crippen molar-refractivity contribution in [1.29, 1.82) is 0 Å². The summed E-state index contributed by atoms with van der Waals surface area (Å²) in [4.78, 5) is 3.81. The molecule has 0 saturated heterocycles. The van der Waals surface area contributed by atoms with Crippen LogP contribution in [0.2, 0.25) is 0 Å². The molecule has 1 aliphatic rings. The van der Waals surface area contributed by atoms with Gasteiger partial charge in [-0.2, -0.15) is 0 Å². The van der Waals surface area contributed by atoms with Crippen molar-refractivity contribution in [1.82, 2.24) is 0 Å². The summed E-state index contributed by atoms with van der Waals surface area (Å²) in [6, 6.07) is 15.8. The number of nitrogens with two attached hydrogens (primary N) is 2. The van der Waals surface area contributed by atoms with E-state index in [1.54, 1.807) is 12.1 Å². The molecule has 0 bridgehead atoms. The van der Waals surface area contributed by atoms with Gasteiger partial charge in [0.15, 0.2) is 0 Å². The van der Waals surface area contributed by atoms with Gasteiger partial charge in [-0.25, -0.2) is 0 Å². The third-order valence-electron chi connectivity index (χ3n) is 2.96. The second-order valence-corrected chi connectivity index (χ2v) is 5.21. The quantitative estimate of drug-likeness (QED) is 0.782. The molecule has 0 spiro atoms. The van der Waals surface area contributed by atoms with Crippen LogP contribution < -0.4 is 16.4 Å². The van der Waals surface area contributed by atoms with Crippen molar-refractivity contribution in [2.45, 2.75) is 11.8 Å². The Labute approximate surface area is 118 Å². The summed E-state index contributed by atoms with van der Waals surface area (Å²) in [5.74, 6) is 1.12. The molecule has 100 valence electrons. The maximum Gasteiger partial charge on any atom is 0.0686 e. The number of hydrogen-bond donors (Lipinski definition) is 2. The minimum absolute atomic E-state index is 0.646. The highest BCUT2D eigenvalue weighted by atomic mass is 32.2. The van der Waals surface area contributed by atoms with Crippen LogP contribution in [-0.4, -0.2) is 12.4 Å². The predicted octanol–water partition coefficient (Wildman–Crippen LogP) is 3.43. The summed E-state index contributed by atoms with van der Waals surface area (Å²) in [6.07, 6.45) is 0. The van der Waals surface area contributed by atoms with Gasteiger partial charge in [-0.15, -0.1) is 11.8 Å². The normalized spacial score (nSPS) is 12.6. The molecule has 3 rings (SSSR count). The van der Waals surface area contributed by atoms with Crippen molar-refractivity contribution in [2.24, 2.45) is 0 Å². The lowest BCUT2D eigenvalue weighted by molar-refractivity contribution is 0.951. The molecule has 3 nitrogen and oxygen atoms in total. The Morgan fingerprint density at radius 2 is 1.58 bits per heavy atom. The third-order valence-corrected chi connectivity index (χ3v) is 4.06. The van der Waals surface area contributed by atoms with Gasteiger partial charge < -0.3 is 16.4 Å². The summed E-state index contributed by atoms with van der Waals surface area (Å²) in [5.41, 5.74) is 13.5. The van der Waals surface area contributed by atoms with Crippen molar-refractivity contribution in [2.75, 3.05) is 28.8 Å². The first-order valence-corrected chi connectivity index (χ1v) is 7.27. The number of fused-ring (bicyclic) bond motifs is 1. The van der Waals surface area contributed by atoms with Crippen molar-refractivity contribution < 1.29 is 0 Å². The lowest BCUT2D eigenvalue weighted by Gasteiger charge is -2.14. The first-order valence-electron chi connectivity index (χ1n) is 6.29. The Morgan fingerprint density at radius 3 is 2.16 bits per heavy atom. The average Bonchev–Trinajstić information content (AvgIpc) is 2.86. The molecule has 2 aromatic carbocycles. The van der Waals surface area contributed by atoms with E-state index in [0.717, 1.165) is 12.4 Å². The van der Waals surface area contributed by atoms with E-state index in [1.165, 1.54) is 10.6 Å². The molecule has 0 saturated carbocycles. The number of rotatable bonds is 1. The summed E-state index contributed by atoms with van der Waals surface area (Å²) in [7, 11) is 0.